The van der Waals surface area contributed by atoms with Crippen molar-refractivity contribution in [2.24, 2.45) is 0 Å². The molecule has 1 amide bonds. The number of hydrogen-bond acceptors (Lipinski definition) is 5. The molecule has 0 aliphatic rings. The molecule has 5 nitrogen and oxygen atoms in total. The minimum atomic E-state index is -0.897. The summed E-state index contributed by atoms with van der Waals surface area (Å²) >= 11 is 7.19. The molecule has 2 aromatic rings. The van der Waals surface area contributed by atoms with E-state index in [9.17, 15) is 14.4 Å². The molecule has 1 unspecified atom stereocenters. The molecule has 1 N–H and O–H groups in total. The van der Waals surface area contributed by atoms with Gasteiger partial charge in [-0.05, 0) is 42.6 Å². The van der Waals surface area contributed by atoms with Crippen LogP contribution in [-0.4, -0.2) is 30.3 Å². The van der Waals surface area contributed by atoms with Crippen LogP contribution >= 0.6 is 22.9 Å². The van der Waals surface area contributed by atoms with Crippen molar-refractivity contribution in [2.45, 2.75) is 19.4 Å². The van der Waals surface area contributed by atoms with E-state index in [2.05, 4.69) is 5.32 Å². The maximum Gasteiger partial charge on any atom is 0.308 e. The first-order valence-corrected chi connectivity index (χ1v) is 8.59. The van der Waals surface area contributed by atoms with Gasteiger partial charge in [-0.1, -0.05) is 11.6 Å². The van der Waals surface area contributed by atoms with Crippen LogP contribution in [0.4, 0.5) is 0 Å². The molecule has 1 aromatic heterocycles. The lowest BCUT2D eigenvalue weighted by atomic mass is 10.1. The highest BCUT2D eigenvalue weighted by Gasteiger charge is 2.19. The number of carbonyl (C=O) groups excluding carboxylic acids is 3. The van der Waals surface area contributed by atoms with Gasteiger partial charge in [0.2, 0.25) is 5.78 Å². The molecule has 0 saturated carbocycles. The Morgan fingerprint density at radius 1 is 1.17 bits per heavy atom. The molecule has 7 heteroatoms. The van der Waals surface area contributed by atoms with Crippen molar-refractivity contribution in [2.75, 3.05) is 6.54 Å². The van der Waals surface area contributed by atoms with Gasteiger partial charge in [-0.15, -0.1) is 0 Å². The van der Waals surface area contributed by atoms with Gasteiger partial charge in [0.15, 0.2) is 6.10 Å². The molecule has 0 aliphatic heterocycles. The van der Waals surface area contributed by atoms with Crippen molar-refractivity contribution in [3.63, 3.8) is 0 Å². The second-order valence-corrected chi connectivity index (χ2v) is 6.24. The zero-order valence-electron chi connectivity index (χ0n) is 13.0. The van der Waals surface area contributed by atoms with Gasteiger partial charge < -0.3 is 10.1 Å². The Balaban J connectivity index is 1.76. The van der Waals surface area contributed by atoms with Crippen molar-refractivity contribution in [1.29, 1.82) is 0 Å². The number of hydrogen-bond donors (Lipinski definition) is 1. The lowest BCUT2D eigenvalue weighted by Gasteiger charge is -2.12. The summed E-state index contributed by atoms with van der Waals surface area (Å²) in [5.74, 6) is -1.09. The fourth-order valence-corrected chi connectivity index (χ4v) is 2.69. The number of Topliss-reactive ketones (excluding diaryl/α,β-unsaturated/α-hetero) is 1. The third-order valence-electron chi connectivity index (χ3n) is 3.20. The smallest absolute Gasteiger partial charge is 0.308 e. The standard InChI is InChI=1S/C17H16ClNO4S/c1-11(16(21)12-2-4-14(18)5-3-12)23-15(20)6-8-19-17(22)13-7-9-24-10-13/h2-5,7,9-11H,6,8H2,1H3,(H,19,22). The highest BCUT2D eigenvalue weighted by molar-refractivity contribution is 7.08. The zero-order chi connectivity index (χ0) is 17.5. The molecule has 126 valence electrons. The summed E-state index contributed by atoms with van der Waals surface area (Å²) in [7, 11) is 0. The molecular formula is C17H16ClNO4S. The minimum absolute atomic E-state index is 0.00584. The SMILES string of the molecule is CC(OC(=O)CCNC(=O)c1ccsc1)C(=O)c1ccc(Cl)cc1. The van der Waals surface area contributed by atoms with Crippen LogP contribution in [0.3, 0.4) is 0 Å². The monoisotopic (exact) mass is 365 g/mol. The second-order valence-electron chi connectivity index (χ2n) is 5.02. The number of halogens is 1. The van der Waals surface area contributed by atoms with Crippen LogP contribution < -0.4 is 5.32 Å². The van der Waals surface area contributed by atoms with Gasteiger partial charge in [0.05, 0.1) is 6.42 Å². The fourth-order valence-electron chi connectivity index (χ4n) is 1.93. The molecule has 0 saturated heterocycles. The first-order chi connectivity index (χ1) is 11.5. The van der Waals surface area contributed by atoms with Gasteiger partial charge in [-0.25, -0.2) is 0 Å². The molecule has 2 rings (SSSR count). The van der Waals surface area contributed by atoms with E-state index < -0.39 is 12.1 Å². The average molecular weight is 366 g/mol. The summed E-state index contributed by atoms with van der Waals surface area (Å²) in [5, 5.41) is 6.67. The number of benzene rings is 1. The van der Waals surface area contributed by atoms with E-state index in [1.54, 1.807) is 41.1 Å². The van der Waals surface area contributed by atoms with E-state index in [1.807, 2.05) is 0 Å². The van der Waals surface area contributed by atoms with Crippen LogP contribution in [0.2, 0.25) is 5.02 Å². The average Bonchev–Trinajstić information content (AvgIpc) is 3.09. The van der Waals surface area contributed by atoms with Gasteiger partial charge in [-0.3, -0.25) is 14.4 Å². The molecule has 24 heavy (non-hydrogen) atoms. The Labute approximate surface area is 148 Å². The third-order valence-corrected chi connectivity index (χ3v) is 4.14. The lowest BCUT2D eigenvalue weighted by molar-refractivity contribution is -0.146. The summed E-state index contributed by atoms with van der Waals surface area (Å²) in [4.78, 5) is 35.6. The van der Waals surface area contributed by atoms with Crippen LogP contribution in [0.5, 0.6) is 0 Å². The third kappa shape index (κ3) is 5.18. The Morgan fingerprint density at radius 2 is 1.88 bits per heavy atom. The van der Waals surface area contributed by atoms with Crippen LogP contribution in [0.25, 0.3) is 0 Å². The Kier molecular flexibility index (Phi) is 6.52. The fraction of sp³-hybridized carbons (Fsp3) is 0.235. The predicted molar refractivity (Wildman–Crippen MR) is 92.6 cm³/mol. The van der Waals surface area contributed by atoms with Gasteiger partial charge in [0.1, 0.15) is 0 Å². The number of rotatable bonds is 7. The molecule has 1 atom stereocenters. The number of ketones is 1. The largest absolute Gasteiger partial charge is 0.454 e. The van der Waals surface area contributed by atoms with Gasteiger partial charge >= 0.3 is 5.97 Å². The molecule has 0 bridgehead atoms. The number of esters is 1. The van der Waals surface area contributed by atoms with E-state index in [0.717, 1.165) is 0 Å². The molecule has 1 heterocycles. The van der Waals surface area contributed by atoms with Crippen molar-refractivity contribution in [1.82, 2.24) is 5.32 Å². The van der Waals surface area contributed by atoms with Crippen molar-refractivity contribution in [3.8, 4) is 0 Å². The summed E-state index contributed by atoms with van der Waals surface area (Å²) < 4.78 is 5.10. The van der Waals surface area contributed by atoms with Gasteiger partial charge in [0, 0.05) is 28.1 Å². The topological polar surface area (TPSA) is 72.5 Å². The molecule has 0 spiro atoms. The number of thiophene rings is 1. The van der Waals surface area contributed by atoms with Crippen molar-refractivity contribution in [3.05, 3.63) is 57.2 Å². The van der Waals surface area contributed by atoms with E-state index in [1.165, 1.54) is 18.3 Å². The summed E-state index contributed by atoms with van der Waals surface area (Å²) in [5.41, 5.74) is 0.977. The molecule has 0 aliphatic carbocycles. The summed E-state index contributed by atoms with van der Waals surface area (Å²) in [6.07, 6.45) is -0.903. The van der Waals surface area contributed by atoms with Gasteiger partial charge in [0.25, 0.3) is 5.91 Å². The van der Waals surface area contributed by atoms with E-state index in [-0.39, 0.29) is 24.7 Å². The minimum Gasteiger partial charge on any atom is -0.454 e. The van der Waals surface area contributed by atoms with E-state index >= 15 is 0 Å². The lowest BCUT2D eigenvalue weighted by Crippen LogP contribution is -2.29. The quantitative estimate of drug-likeness (QED) is 0.603. The number of carbonyl (C=O) groups is 3. The summed E-state index contributed by atoms with van der Waals surface area (Å²) in [6, 6.07) is 8.06. The molecular weight excluding hydrogens is 350 g/mol. The Morgan fingerprint density at radius 3 is 2.50 bits per heavy atom. The molecule has 1 aromatic carbocycles. The Bertz CT molecular complexity index is 713. The zero-order valence-corrected chi connectivity index (χ0v) is 14.5. The predicted octanol–water partition coefficient (Wildman–Crippen LogP) is 3.34. The second kappa shape index (κ2) is 8.61. The Hall–Kier alpha value is -2.18. The van der Waals surface area contributed by atoms with Crippen molar-refractivity contribution >= 4 is 40.6 Å². The van der Waals surface area contributed by atoms with Crippen LogP contribution in [0, 0.1) is 0 Å². The maximum absolute atomic E-state index is 12.1. The molecule has 0 fully saturated rings. The van der Waals surface area contributed by atoms with Crippen molar-refractivity contribution < 1.29 is 19.1 Å². The molecule has 0 radical (unpaired) electrons. The van der Waals surface area contributed by atoms with Gasteiger partial charge in [-0.2, -0.15) is 11.3 Å². The number of amides is 1. The van der Waals surface area contributed by atoms with E-state index in [0.29, 0.717) is 16.1 Å². The van der Waals surface area contributed by atoms with Crippen LogP contribution in [0.15, 0.2) is 41.1 Å². The number of ether oxygens (including phenoxy) is 1. The summed E-state index contributed by atoms with van der Waals surface area (Å²) in [6.45, 7) is 1.66. The normalized spacial score (nSPS) is 11.6. The highest BCUT2D eigenvalue weighted by atomic mass is 35.5. The maximum atomic E-state index is 12.1. The first kappa shape index (κ1) is 18.2. The van der Waals surface area contributed by atoms with E-state index in [4.69, 9.17) is 16.3 Å². The number of nitrogens with one attached hydrogen (secondary N) is 1. The van der Waals surface area contributed by atoms with Crippen LogP contribution in [-0.2, 0) is 9.53 Å². The first-order valence-electron chi connectivity index (χ1n) is 7.27. The highest BCUT2D eigenvalue weighted by Crippen LogP contribution is 2.12. The van der Waals surface area contributed by atoms with Crippen LogP contribution in [0.1, 0.15) is 34.1 Å².